The highest BCUT2D eigenvalue weighted by Crippen LogP contribution is 2.48. The fourth-order valence-corrected chi connectivity index (χ4v) is 5.28. The Hall–Kier alpha value is -2.14. The Morgan fingerprint density at radius 3 is 2.06 bits per heavy atom. The largest absolute Gasteiger partial charge is 0.493 e. The summed E-state index contributed by atoms with van der Waals surface area (Å²) in [5, 5.41) is 5.17. The maximum atomic E-state index is 6.21. The van der Waals surface area contributed by atoms with Crippen LogP contribution in [0.4, 0.5) is 0 Å². The SMILES string of the molecule is CCOc1cc(SCC)ccc1C1=N[C@@](C)(c2ccc(Cl)cc2)[C@](C)(c2ccc(Cl)cc2)N1. The molecule has 172 valence electrons. The van der Waals surface area contributed by atoms with Crippen molar-refractivity contribution in [3.63, 3.8) is 0 Å². The zero-order valence-corrected chi connectivity index (χ0v) is 21.6. The van der Waals surface area contributed by atoms with Gasteiger partial charge in [0, 0.05) is 14.9 Å². The van der Waals surface area contributed by atoms with Crippen molar-refractivity contribution in [2.24, 2.45) is 4.99 Å². The van der Waals surface area contributed by atoms with Crippen molar-refractivity contribution in [2.45, 2.75) is 43.7 Å². The van der Waals surface area contributed by atoms with Gasteiger partial charge in [-0.1, -0.05) is 54.4 Å². The van der Waals surface area contributed by atoms with Crippen LogP contribution in [0.2, 0.25) is 10.0 Å². The zero-order valence-electron chi connectivity index (χ0n) is 19.3. The van der Waals surface area contributed by atoms with Crippen LogP contribution in [0.15, 0.2) is 76.6 Å². The van der Waals surface area contributed by atoms with Crippen molar-refractivity contribution >= 4 is 40.8 Å². The van der Waals surface area contributed by atoms with E-state index in [4.69, 9.17) is 32.9 Å². The highest BCUT2D eigenvalue weighted by atomic mass is 35.5. The summed E-state index contributed by atoms with van der Waals surface area (Å²) in [5.41, 5.74) is 2.00. The highest BCUT2D eigenvalue weighted by Gasteiger charge is 2.52. The molecule has 0 aliphatic carbocycles. The quantitative estimate of drug-likeness (QED) is 0.339. The summed E-state index contributed by atoms with van der Waals surface area (Å²) in [5.74, 6) is 2.65. The lowest BCUT2D eigenvalue weighted by molar-refractivity contribution is 0.268. The molecule has 1 N–H and O–H groups in total. The van der Waals surface area contributed by atoms with E-state index < -0.39 is 11.1 Å². The number of benzene rings is 3. The Labute approximate surface area is 210 Å². The molecule has 0 spiro atoms. The number of hydrogen-bond donors (Lipinski definition) is 1. The van der Waals surface area contributed by atoms with E-state index in [0.29, 0.717) is 16.7 Å². The lowest BCUT2D eigenvalue weighted by Gasteiger charge is -2.40. The summed E-state index contributed by atoms with van der Waals surface area (Å²) in [7, 11) is 0. The van der Waals surface area contributed by atoms with Crippen molar-refractivity contribution in [1.82, 2.24) is 5.32 Å². The van der Waals surface area contributed by atoms with Gasteiger partial charge in [-0.05, 0) is 80.1 Å². The molecular weight excluding hydrogens is 471 g/mol. The van der Waals surface area contributed by atoms with E-state index in [0.717, 1.165) is 34.0 Å². The highest BCUT2D eigenvalue weighted by molar-refractivity contribution is 7.99. The first-order chi connectivity index (χ1) is 15.8. The summed E-state index contributed by atoms with van der Waals surface area (Å²) < 4.78 is 6.05. The third-order valence-electron chi connectivity index (χ3n) is 6.32. The molecule has 0 unspecified atom stereocenters. The Bertz CT molecular complexity index is 1160. The first kappa shape index (κ1) is 24.0. The van der Waals surface area contributed by atoms with Crippen LogP contribution in [0.1, 0.15) is 44.4 Å². The van der Waals surface area contributed by atoms with E-state index in [1.807, 2.05) is 31.2 Å². The van der Waals surface area contributed by atoms with Gasteiger partial charge in [0.25, 0.3) is 0 Å². The molecule has 33 heavy (non-hydrogen) atoms. The number of hydrogen-bond acceptors (Lipinski definition) is 4. The van der Waals surface area contributed by atoms with Crippen LogP contribution in [0.3, 0.4) is 0 Å². The first-order valence-electron chi connectivity index (χ1n) is 11.1. The Kier molecular flexibility index (Phi) is 6.99. The molecule has 4 rings (SSSR count). The zero-order chi connectivity index (χ0) is 23.6. The molecule has 0 fully saturated rings. The number of amidine groups is 1. The van der Waals surface area contributed by atoms with Gasteiger partial charge in [-0.3, -0.25) is 4.99 Å². The molecule has 3 aromatic carbocycles. The minimum Gasteiger partial charge on any atom is -0.493 e. The Morgan fingerprint density at radius 2 is 1.48 bits per heavy atom. The molecule has 3 nitrogen and oxygen atoms in total. The fraction of sp³-hybridized carbons (Fsp3) is 0.296. The molecule has 1 aliphatic heterocycles. The van der Waals surface area contributed by atoms with Gasteiger partial charge in [-0.25, -0.2) is 0 Å². The molecule has 0 saturated carbocycles. The molecule has 3 aromatic rings. The van der Waals surface area contributed by atoms with Gasteiger partial charge < -0.3 is 10.1 Å². The number of ether oxygens (including phenoxy) is 1. The van der Waals surface area contributed by atoms with Crippen LogP contribution in [0.25, 0.3) is 0 Å². The predicted molar refractivity (Wildman–Crippen MR) is 141 cm³/mol. The van der Waals surface area contributed by atoms with Crippen LogP contribution in [0.5, 0.6) is 5.75 Å². The van der Waals surface area contributed by atoms with Crippen molar-refractivity contribution in [1.29, 1.82) is 0 Å². The van der Waals surface area contributed by atoms with Crippen molar-refractivity contribution in [3.8, 4) is 5.75 Å². The van der Waals surface area contributed by atoms with E-state index in [9.17, 15) is 0 Å². The van der Waals surface area contributed by atoms with Crippen molar-refractivity contribution in [2.75, 3.05) is 12.4 Å². The number of thioether (sulfide) groups is 1. The number of rotatable bonds is 7. The van der Waals surface area contributed by atoms with Crippen LogP contribution < -0.4 is 10.1 Å². The van der Waals surface area contributed by atoms with E-state index >= 15 is 0 Å². The monoisotopic (exact) mass is 498 g/mol. The average Bonchev–Trinajstić information content (AvgIpc) is 3.07. The number of nitrogens with one attached hydrogen (secondary N) is 1. The molecule has 6 heteroatoms. The third kappa shape index (κ3) is 4.49. The molecule has 1 aliphatic rings. The van der Waals surface area contributed by atoms with Gasteiger partial charge >= 0.3 is 0 Å². The second kappa shape index (κ2) is 9.61. The van der Waals surface area contributed by atoms with E-state index in [1.165, 1.54) is 4.90 Å². The number of halogens is 2. The molecule has 0 saturated heterocycles. The lowest BCUT2D eigenvalue weighted by Crippen LogP contribution is -2.50. The van der Waals surface area contributed by atoms with E-state index in [2.05, 4.69) is 68.6 Å². The number of aliphatic imine (C=N–C) groups is 1. The van der Waals surface area contributed by atoms with Gasteiger partial charge in [0.05, 0.1) is 17.7 Å². The molecule has 0 aromatic heterocycles. The molecule has 0 bridgehead atoms. The van der Waals surface area contributed by atoms with Crippen molar-refractivity contribution < 1.29 is 4.74 Å². The van der Waals surface area contributed by atoms with Crippen LogP contribution >= 0.6 is 35.0 Å². The minimum atomic E-state index is -0.596. The standard InChI is InChI=1S/C27H28Cl2N2OS/c1-5-32-24-17-22(33-6-2)15-16-23(24)25-30-26(3,18-7-11-20(28)12-8-18)27(4,31-25)19-9-13-21(29)14-10-19/h7-17H,5-6H2,1-4H3,(H,30,31)/t26-,27-/m0/s1. The van der Waals surface area contributed by atoms with E-state index in [1.54, 1.807) is 11.8 Å². The summed E-state index contributed by atoms with van der Waals surface area (Å²) >= 11 is 14.2. The molecule has 2 atom stereocenters. The third-order valence-corrected chi connectivity index (χ3v) is 7.70. The Balaban J connectivity index is 1.87. The van der Waals surface area contributed by atoms with Gasteiger partial charge in [0.1, 0.15) is 17.1 Å². The summed E-state index contributed by atoms with van der Waals surface area (Å²) in [6, 6.07) is 22.2. The normalized spacial score (nSPS) is 22.1. The van der Waals surface area contributed by atoms with Crippen LogP contribution in [-0.4, -0.2) is 18.2 Å². The molecule has 0 amide bonds. The van der Waals surface area contributed by atoms with Gasteiger partial charge in [-0.15, -0.1) is 11.8 Å². The minimum absolute atomic E-state index is 0.527. The molecular formula is C27H28Cl2N2OS. The van der Waals surface area contributed by atoms with Crippen molar-refractivity contribution in [3.05, 3.63) is 93.5 Å². The predicted octanol–water partition coefficient (Wildman–Crippen LogP) is 7.68. The van der Waals surface area contributed by atoms with Crippen LogP contribution in [-0.2, 0) is 11.1 Å². The van der Waals surface area contributed by atoms with Gasteiger partial charge in [0.2, 0.25) is 0 Å². The first-order valence-corrected chi connectivity index (χ1v) is 12.8. The topological polar surface area (TPSA) is 33.6 Å². The van der Waals surface area contributed by atoms with Gasteiger partial charge in [0.15, 0.2) is 0 Å². The van der Waals surface area contributed by atoms with E-state index in [-0.39, 0.29) is 0 Å². The second-order valence-corrected chi connectivity index (χ2v) is 10.5. The van der Waals surface area contributed by atoms with Gasteiger partial charge in [-0.2, -0.15) is 0 Å². The number of nitrogens with zero attached hydrogens (tertiary/aromatic N) is 1. The summed E-state index contributed by atoms with van der Waals surface area (Å²) in [4.78, 5) is 6.49. The second-order valence-electron chi connectivity index (χ2n) is 8.32. The average molecular weight is 500 g/mol. The smallest absolute Gasteiger partial charge is 0.133 e. The molecule has 1 heterocycles. The van der Waals surface area contributed by atoms with Crippen LogP contribution in [0, 0.1) is 0 Å². The Morgan fingerprint density at radius 1 is 0.879 bits per heavy atom. The summed E-state index contributed by atoms with van der Waals surface area (Å²) in [6.45, 7) is 9.08. The molecule has 0 radical (unpaired) electrons. The maximum absolute atomic E-state index is 6.21. The summed E-state index contributed by atoms with van der Waals surface area (Å²) in [6.07, 6.45) is 0. The fourth-order valence-electron chi connectivity index (χ4n) is 4.34. The maximum Gasteiger partial charge on any atom is 0.133 e. The lowest BCUT2D eigenvalue weighted by atomic mass is 9.72.